The van der Waals surface area contributed by atoms with Crippen LogP contribution < -0.4 is 15.6 Å². The van der Waals surface area contributed by atoms with Gasteiger partial charge in [0.15, 0.2) is 5.11 Å². The summed E-state index contributed by atoms with van der Waals surface area (Å²) in [5.41, 5.74) is 2.02. The monoisotopic (exact) mass is 457 g/mol. The highest BCUT2D eigenvalue weighted by atomic mass is 35.5. The van der Waals surface area contributed by atoms with E-state index in [4.69, 9.17) is 33.3 Å². The fourth-order valence-corrected chi connectivity index (χ4v) is 4.14. The summed E-state index contributed by atoms with van der Waals surface area (Å²) in [5, 5.41) is 5.31. The van der Waals surface area contributed by atoms with Crippen molar-refractivity contribution in [1.29, 1.82) is 0 Å². The molecule has 0 radical (unpaired) electrons. The Labute approximate surface area is 191 Å². The number of anilines is 1. The third-order valence-corrected chi connectivity index (χ3v) is 5.90. The molecule has 1 aromatic heterocycles. The molecule has 6 nitrogen and oxygen atoms in total. The number of pyridine rings is 1. The van der Waals surface area contributed by atoms with Crippen molar-refractivity contribution in [3.05, 3.63) is 69.5 Å². The lowest BCUT2D eigenvalue weighted by Crippen LogP contribution is -2.40. The van der Waals surface area contributed by atoms with Crippen LogP contribution in [0.15, 0.2) is 53.3 Å². The zero-order valence-electron chi connectivity index (χ0n) is 17.2. The van der Waals surface area contributed by atoms with Crippen LogP contribution in [0.1, 0.15) is 18.4 Å². The first kappa shape index (κ1) is 21.6. The van der Waals surface area contributed by atoms with Gasteiger partial charge in [-0.15, -0.1) is 0 Å². The molecule has 2 heterocycles. The first-order valence-corrected chi connectivity index (χ1v) is 10.9. The van der Waals surface area contributed by atoms with Crippen LogP contribution in [0, 0.1) is 0 Å². The van der Waals surface area contributed by atoms with Crippen LogP contribution in [-0.4, -0.2) is 41.4 Å². The average molecular weight is 458 g/mol. The molecule has 1 aliphatic rings. The lowest BCUT2D eigenvalue weighted by atomic mass is 10.1. The number of rotatable bonds is 6. The number of H-pyrrole nitrogens is 1. The first-order chi connectivity index (χ1) is 15.0. The molecule has 2 N–H and O–H groups in total. The highest BCUT2D eigenvalue weighted by molar-refractivity contribution is 7.80. The van der Waals surface area contributed by atoms with Gasteiger partial charge in [-0.05, 0) is 66.8 Å². The van der Waals surface area contributed by atoms with Crippen molar-refractivity contribution in [3.8, 4) is 5.75 Å². The topological polar surface area (TPSA) is 66.6 Å². The molecule has 0 bridgehead atoms. The average Bonchev–Trinajstić information content (AvgIpc) is 3.26. The minimum absolute atomic E-state index is 0.0860. The normalized spacial score (nSPS) is 15.7. The van der Waals surface area contributed by atoms with Gasteiger partial charge in [-0.1, -0.05) is 17.7 Å². The smallest absolute Gasteiger partial charge is 0.253 e. The van der Waals surface area contributed by atoms with Gasteiger partial charge < -0.3 is 24.7 Å². The number of benzene rings is 2. The predicted octanol–water partition coefficient (Wildman–Crippen LogP) is 4.57. The third kappa shape index (κ3) is 5.36. The molecule has 1 atom stereocenters. The predicted molar refractivity (Wildman–Crippen MR) is 128 cm³/mol. The van der Waals surface area contributed by atoms with Gasteiger partial charge in [-0.2, -0.15) is 0 Å². The molecule has 2 aromatic carbocycles. The van der Waals surface area contributed by atoms with Gasteiger partial charge in [0.25, 0.3) is 5.56 Å². The van der Waals surface area contributed by atoms with E-state index in [0.29, 0.717) is 34.5 Å². The van der Waals surface area contributed by atoms with E-state index < -0.39 is 0 Å². The second-order valence-corrected chi connectivity index (χ2v) is 8.36. The molecule has 31 heavy (non-hydrogen) atoms. The standard InChI is InChI=1S/C23H24ClN3O3S/c1-29-19-8-7-15-10-16(22(28)26-21(15)12-19)13-27(14-20-6-3-9-30-20)23(31)25-18-5-2-4-17(24)11-18/h2,4-5,7-8,10-12,20H,3,6,9,13-14H2,1H3,(H,25,31)(H,26,28)/t20-/m1/s1. The maximum absolute atomic E-state index is 12.8. The van der Waals surface area contributed by atoms with Crippen molar-refractivity contribution in [2.45, 2.75) is 25.5 Å². The van der Waals surface area contributed by atoms with Gasteiger partial charge in [0, 0.05) is 35.5 Å². The van der Waals surface area contributed by atoms with Crippen LogP contribution in [0.3, 0.4) is 0 Å². The van der Waals surface area contributed by atoms with E-state index >= 15 is 0 Å². The number of aromatic amines is 1. The summed E-state index contributed by atoms with van der Waals surface area (Å²) < 4.78 is 11.1. The fourth-order valence-electron chi connectivity index (χ4n) is 3.70. The van der Waals surface area contributed by atoms with Crippen LogP contribution in [0.2, 0.25) is 5.02 Å². The van der Waals surface area contributed by atoms with Crippen molar-refractivity contribution in [3.63, 3.8) is 0 Å². The SMILES string of the molecule is COc1ccc2cc(CN(C[C@H]3CCCO3)C(=S)Nc3cccc(Cl)c3)c(=O)[nH]c2c1. The van der Waals surface area contributed by atoms with Crippen molar-refractivity contribution in [2.75, 3.05) is 25.6 Å². The molecule has 3 aromatic rings. The van der Waals surface area contributed by atoms with E-state index in [1.165, 1.54) is 0 Å². The summed E-state index contributed by atoms with van der Waals surface area (Å²) >= 11 is 11.8. The molecule has 4 rings (SSSR count). The second kappa shape index (κ2) is 9.68. The number of ether oxygens (including phenoxy) is 2. The summed E-state index contributed by atoms with van der Waals surface area (Å²) in [6, 6.07) is 14.9. The largest absolute Gasteiger partial charge is 0.497 e. The van der Waals surface area contributed by atoms with Crippen LogP contribution in [-0.2, 0) is 11.3 Å². The van der Waals surface area contributed by atoms with Gasteiger partial charge in [-0.25, -0.2) is 0 Å². The maximum atomic E-state index is 12.8. The van der Waals surface area contributed by atoms with E-state index in [0.717, 1.165) is 36.0 Å². The third-order valence-electron chi connectivity index (χ3n) is 5.30. The minimum atomic E-state index is -0.149. The summed E-state index contributed by atoms with van der Waals surface area (Å²) in [5.74, 6) is 0.697. The first-order valence-electron chi connectivity index (χ1n) is 10.1. The lowest BCUT2D eigenvalue weighted by Gasteiger charge is -2.28. The van der Waals surface area contributed by atoms with Crippen molar-refractivity contribution in [2.24, 2.45) is 0 Å². The molecule has 1 saturated heterocycles. The van der Waals surface area contributed by atoms with E-state index in [1.54, 1.807) is 7.11 Å². The van der Waals surface area contributed by atoms with Gasteiger partial charge in [0.2, 0.25) is 0 Å². The van der Waals surface area contributed by atoms with Crippen LogP contribution in [0.5, 0.6) is 5.75 Å². The van der Waals surface area contributed by atoms with Crippen molar-refractivity contribution >= 4 is 45.5 Å². The Balaban J connectivity index is 1.59. The molecule has 0 unspecified atom stereocenters. The number of fused-ring (bicyclic) bond motifs is 1. The number of halogens is 1. The molecule has 162 valence electrons. The number of hydrogen-bond acceptors (Lipinski definition) is 4. The molecule has 0 spiro atoms. The summed E-state index contributed by atoms with van der Waals surface area (Å²) in [4.78, 5) is 17.7. The minimum Gasteiger partial charge on any atom is -0.497 e. The number of hydrogen-bond donors (Lipinski definition) is 2. The van der Waals surface area contributed by atoms with Crippen molar-refractivity contribution < 1.29 is 9.47 Å². The molecule has 0 amide bonds. The zero-order chi connectivity index (χ0) is 21.8. The number of nitrogens with one attached hydrogen (secondary N) is 2. The number of methoxy groups -OCH3 is 1. The molecular weight excluding hydrogens is 434 g/mol. The molecule has 0 saturated carbocycles. The number of thiocarbonyl (C=S) groups is 1. The molecule has 0 aliphatic carbocycles. The number of nitrogens with zero attached hydrogens (tertiary/aromatic N) is 1. The van der Waals surface area contributed by atoms with Gasteiger partial charge in [0.1, 0.15) is 5.75 Å². The lowest BCUT2D eigenvalue weighted by molar-refractivity contribution is 0.0904. The second-order valence-electron chi connectivity index (χ2n) is 7.53. The quantitative estimate of drug-likeness (QED) is 0.528. The molecule has 8 heteroatoms. The maximum Gasteiger partial charge on any atom is 0.253 e. The van der Waals surface area contributed by atoms with Gasteiger partial charge in [-0.3, -0.25) is 4.79 Å². The molecule has 1 fully saturated rings. The van der Waals surface area contributed by atoms with E-state index in [-0.39, 0.29) is 11.7 Å². The molecular formula is C23H24ClN3O3S. The Hall–Kier alpha value is -2.61. The Morgan fingerprint density at radius 3 is 2.94 bits per heavy atom. The highest BCUT2D eigenvalue weighted by Crippen LogP contribution is 2.21. The Kier molecular flexibility index (Phi) is 6.75. The van der Waals surface area contributed by atoms with Crippen molar-refractivity contribution in [1.82, 2.24) is 9.88 Å². The molecule has 1 aliphatic heterocycles. The summed E-state index contributed by atoms with van der Waals surface area (Å²) in [6.45, 7) is 1.72. The summed E-state index contributed by atoms with van der Waals surface area (Å²) in [7, 11) is 1.60. The van der Waals surface area contributed by atoms with Crippen LogP contribution >= 0.6 is 23.8 Å². The fraction of sp³-hybridized carbons (Fsp3) is 0.304. The van der Waals surface area contributed by atoms with Gasteiger partial charge >= 0.3 is 0 Å². The Morgan fingerprint density at radius 1 is 1.32 bits per heavy atom. The number of aromatic nitrogens is 1. The van der Waals surface area contributed by atoms with Crippen LogP contribution in [0.4, 0.5) is 5.69 Å². The Morgan fingerprint density at radius 2 is 2.19 bits per heavy atom. The van der Waals surface area contributed by atoms with Gasteiger partial charge in [0.05, 0.1) is 25.3 Å². The van der Waals surface area contributed by atoms with E-state index in [9.17, 15) is 4.79 Å². The Bertz CT molecular complexity index is 1140. The zero-order valence-corrected chi connectivity index (χ0v) is 18.8. The van der Waals surface area contributed by atoms with E-state index in [1.807, 2.05) is 53.4 Å². The van der Waals surface area contributed by atoms with E-state index in [2.05, 4.69) is 10.3 Å². The summed E-state index contributed by atoms with van der Waals surface area (Å²) in [6.07, 6.45) is 2.10. The highest BCUT2D eigenvalue weighted by Gasteiger charge is 2.22. The van der Waals surface area contributed by atoms with Crippen LogP contribution in [0.25, 0.3) is 10.9 Å².